The number of ether oxygens (including phenoxy) is 2. The minimum atomic E-state index is -5.15. The van der Waals surface area contributed by atoms with Crippen LogP contribution in [0.15, 0.2) is 109 Å². The molecule has 0 aromatic carbocycles. The van der Waals surface area contributed by atoms with Crippen molar-refractivity contribution in [1.82, 2.24) is 0 Å². The Labute approximate surface area is 376 Å². The molecule has 0 saturated heterocycles. The topological polar surface area (TPSA) is 210 Å². The highest BCUT2D eigenvalue weighted by atomic mass is 31.2. The second-order valence-corrected chi connectivity index (χ2v) is 16.5. The van der Waals surface area contributed by atoms with E-state index in [1.54, 1.807) is 0 Å². The number of allylic oxidation sites excluding steroid dienone is 18. The third-order valence-corrected chi connectivity index (χ3v) is 10.6. The lowest BCUT2D eigenvalue weighted by molar-refractivity contribution is -0.220. The van der Waals surface area contributed by atoms with E-state index in [2.05, 4.69) is 105 Å². The van der Waals surface area contributed by atoms with E-state index < -0.39 is 75.7 Å². The van der Waals surface area contributed by atoms with E-state index in [4.69, 9.17) is 18.5 Å². The molecule has 6 N–H and O–H groups in total. The molecule has 63 heavy (non-hydrogen) atoms. The number of phosphoric acid groups is 1. The summed E-state index contributed by atoms with van der Waals surface area (Å²) in [4.78, 5) is 35.7. The highest BCUT2D eigenvalue weighted by Crippen LogP contribution is 2.47. The molecule has 6 unspecified atom stereocenters. The second-order valence-electron chi connectivity index (χ2n) is 15.1. The van der Waals surface area contributed by atoms with Crippen LogP contribution in [0.25, 0.3) is 0 Å². The molecule has 1 aliphatic carbocycles. The molecule has 0 aromatic heterocycles. The largest absolute Gasteiger partial charge is 0.472 e. The van der Waals surface area contributed by atoms with Gasteiger partial charge in [-0.25, -0.2) is 4.57 Å². The Bertz CT molecular complexity index is 1510. The Kier molecular flexibility index (Phi) is 34.6. The highest BCUT2D eigenvalue weighted by molar-refractivity contribution is 7.47. The summed E-state index contributed by atoms with van der Waals surface area (Å²) in [5, 5.41) is 50.1. The van der Waals surface area contributed by atoms with E-state index in [1.807, 2.05) is 18.2 Å². The van der Waals surface area contributed by atoms with Crippen molar-refractivity contribution >= 4 is 19.8 Å². The maximum absolute atomic E-state index is 12.8. The SMILES string of the molecule is CC/C=C\C/C=C\C/C=C\C/C=C\C/C=C\C/C=C\CCC(=O)OC(COC(=O)CCCCCCC/C=C\C/C=C\C/C=C\CC)COP(=O)(O)OC1C(O)C(O)C(O)C(O)C1O. The zero-order valence-corrected chi connectivity index (χ0v) is 38.5. The van der Waals surface area contributed by atoms with Crippen LogP contribution in [0, 0.1) is 0 Å². The standard InChI is InChI=1S/C49H77O13P/c1-3-5-7-9-11-13-15-17-19-20-21-22-24-26-28-30-32-34-36-38-43(51)61-41(40-60-63(57,58)62-49-47(55)45(53)44(52)46(54)48(49)56)39-59-42(50)37-35-33-31-29-27-25-23-18-16-14-12-10-8-6-4-2/h5-8,11-14,17-19,21-23,26,28,32,34,41,44-49,52-56H,3-4,9-10,15-16,20,24-25,27,29-31,33,35-40H2,1-2H3,(H,57,58)/b7-5-,8-6-,13-11-,14-12-,19-17-,22-21-,23-18-,28-26-,34-32-. The summed E-state index contributed by atoms with van der Waals surface area (Å²) < 4.78 is 33.4. The molecule has 1 fully saturated rings. The number of carbonyl (C=O) groups excluding carboxylic acids is 2. The first kappa shape index (κ1) is 57.5. The van der Waals surface area contributed by atoms with Gasteiger partial charge in [-0.3, -0.25) is 18.6 Å². The van der Waals surface area contributed by atoms with E-state index in [0.717, 1.165) is 83.5 Å². The van der Waals surface area contributed by atoms with E-state index in [1.165, 1.54) is 0 Å². The number of esters is 2. The maximum atomic E-state index is 12.8. The van der Waals surface area contributed by atoms with Crippen molar-refractivity contribution in [3.05, 3.63) is 109 Å². The van der Waals surface area contributed by atoms with Gasteiger partial charge in [0.2, 0.25) is 0 Å². The molecular formula is C49H77O13P. The molecule has 1 rings (SSSR count). The predicted octanol–water partition coefficient (Wildman–Crippen LogP) is 8.83. The fourth-order valence-corrected chi connectivity index (χ4v) is 7.00. The number of phosphoric ester groups is 1. The lowest BCUT2D eigenvalue weighted by Crippen LogP contribution is -2.64. The molecule has 0 heterocycles. The lowest BCUT2D eigenvalue weighted by Gasteiger charge is -2.41. The summed E-state index contributed by atoms with van der Waals surface area (Å²) in [5.41, 5.74) is 0. The van der Waals surface area contributed by atoms with Crippen molar-refractivity contribution in [2.45, 2.75) is 172 Å². The van der Waals surface area contributed by atoms with Crippen LogP contribution in [0.1, 0.15) is 129 Å². The van der Waals surface area contributed by atoms with Crippen LogP contribution in [-0.2, 0) is 32.7 Å². The van der Waals surface area contributed by atoms with Crippen LogP contribution in [0.2, 0.25) is 0 Å². The number of hydrogen-bond donors (Lipinski definition) is 6. The number of unbranched alkanes of at least 4 members (excludes halogenated alkanes) is 5. The van der Waals surface area contributed by atoms with Gasteiger partial charge in [-0.05, 0) is 83.5 Å². The Morgan fingerprint density at radius 3 is 1.37 bits per heavy atom. The monoisotopic (exact) mass is 905 g/mol. The van der Waals surface area contributed by atoms with Crippen LogP contribution in [-0.4, -0.2) is 98.3 Å². The normalized spacial score (nSPS) is 22.7. The van der Waals surface area contributed by atoms with Crippen LogP contribution >= 0.6 is 7.82 Å². The van der Waals surface area contributed by atoms with Crippen molar-refractivity contribution in [3.63, 3.8) is 0 Å². The van der Waals surface area contributed by atoms with Crippen LogP contribution in [0.3, 0.4) is 0 Å². The van der Waals surface area contributed by atoms with Crippen molar-refractivity contribution in [3.8, 4) is 0 Å². The summed E-state index contributed by atoms with van der Waals surface area (Å²) in [6.07, 6.45) is 38.7. The fourth-order valence-electron chi connectivity index (χ4n) is 6.03. The van der Waals surface area contributed by atoms with Crippen molar-refractivity contribution in [1.29, 1.82) is 0 Å². The highest BCUT2D eigenvalue weighted by Gasteiger charge is 2.51. The number of rotatable bonds is 35. The first-order valence-corrected chi connectivity index (χ1v) is 24.2. The molecule has 0 amide bonds. The molecule has 6 atom stereocenters. The molecule has 14 heteroatoms. The quantitative estimate of drug-likeness (QED) is 0.0152. The molecular weight excluding hydrogens is 828 g/mol. The predicted molar refractivity (Wildman–Crippen MR) is 248 cm³/mol. The molecule has 1 aliphatic rings. The molecule has 13 nitrogen and oxygen atoms in total. The van der Waals surface area contributed by atoms with Gasteiger partial charge in [0, 0.05) is 12.8 Å². The molecule has 0 bridgehead atoms. The Balaban J connectivity index is 2.55. The van der Waals surface area contributed by atoms with Gasteiger partial charge in [0.15, 0.2) is 6.10 Å². The summed E-state index contributed by atoms with van der Waals surface area (Å²) in [6, 6.07) is 0. The van der Waals surface area contributed by atoms with E-state index in [-0.39, 0.29) is 12.8 Å². The third kappa shape index (κ3) is 30.3. The Morgan fingerprint density at radius 1 is 0.492 bits per heavy atom. The summed E-state index contributed by atoms with van der Waals surface area (Å²) in [5.74, 6) is -1.23. The number of hydrogen-bond acceptors (Lipinski definition) is 12. The van der Waals surface area contributed by atoms with Crippen molar-refractivity contribution < 1.29 is 63.1 Å². The molecule has 0 aliphatic heterocycles. The number of aliphatic hydroxyl groups is 5. The van der Waals surface area contributed by atoms with Gasteiger partial charge < -0.3 is 39.9 Å². The average molecular weight is 905 g/mol. The van der Waals surface area contributed by atoms with Gasteiger partial charge in [-0.2, -0.15) is 0 Å². The smallest absolute Gasteiger partial charge is 0.462 e. The third-order valence-electron chi connectivity index (χ3n) is 9.62. The van der Waals surface area contributed by atoms with E-state index >= 15 is 0 Å². The number of aliphatic hydroxyl groups excluding tert-OH is 5. The number of carbonyl (C=O) groups is 2. The van der Waals surface area contributed by atoms with Gasteiger partial charge in [0.05, 0.1) is 6.61 Å². The Morgan fingerprint density at radius 2 is 0.889 bits per heavy atom. The second kappa shape index (κ2) is 37.8. The lowest BCUT2D eigenvalue weighted by atomic mass is 9.85. The molecule has 0 radical (unpaired) electrons. The van der Waals surface area contributed by atoms with Crippen LogP contribution < -0.4 is 0 Å². The molecule has 1 saturated carbocycles. The summed E-state index contributed by atoms with van der Waals surface area (Å²) in [7, 11) is -5.15. The van der Waals surface area contributed by atoms with Gasteiger partial charge >= 0.3 is 19.8 Å². The summed E-state index contributed by atoms with van der Waals surface area (Å²) in [6.45, 7) is 2.97. The van der Waals surface area contributed by atoms with Gasteiger partial charge in [-0.1, -0.05) is 142 Å². The first-order chi connectivity index (χ1) is 30.4. The zero-order chi connectivity index (χ0) is 46.4. The minimum Gasteiger partial charge on any atom is -0.462 e. The van der Waals surface area contributed by atoms with Crippen molar-refractivity contribution in [2.24, 2.45) is 0 Å². The maximum Gasteiger partial charge on any atom is 0.472 e. The fraction of sp³-hybridized carbons (Fsp3) is 0.592. The Hall–Kier alpha value is -3.49. The molecule has 0 spiro atoms. The summed E-state index contributed by atoms with van der Waals surface area (Å²) >= 11 is 0. The van der Waals surface area contributed by atoms with Gasteiger partial charge in [0.25, 0.3) is 0 Å². The molecule has 0 aromatic rings. The van der Waals surface area contributed by atoms with Gasteiger partial charge in [-0.15, -0.1) is 0 Å². The van der Waals surface area contributed by atoms with Gasteiger partial charge in [0.1, 0.15) is 43.2 Å². The van der Waals surface area contributed by atoms with Crippen LogP contribution in [0.5, 0.6) is 0 Å². The first-order valence-electron chi connectivity index (χ1n) is 22.7. The van der Waals surface area contributed by atoms with E-state index in [0.29, 0.717) is 19.3 Å². The molecule has 356 valence electrons. The minimum absolute atomic E-state index is 0.0394. The van der Waals surface area contributed by atoms with E-state index in [9.17, 15) is 44.6 Å². The van der Waals surface area contributed by atoms with Crippen molar-refractivity contribution in [2.75, 3.05) is 13.2 Å². The zero-order valence-electron chi connectivity index (χ0n) is 37.6. The van der Waals surface area contributed by atoms with Crippen LogP contribution in [0.4, 0.5) is 0 Å². The average Bonchev–Trinajstić information content (AvgIpc) is 3.26.